The molecule has 2 N–H and O–H groups in total. The van der Waals surface area contributed by atoms with Crippen LogP contribution in [-0.4, -0.2) is 32.8 Å². The minimum Gasteiger partial charge on any atom is -0.497 e. The first kappa shape index (κ1) is 20.3. The van der Waals surface area contributed by atoms with Crippen molar-refractivity contribution in [2.24, 2.45) is 4.99 Å². The summed E-state index contributed by atoms with van der Waals surface area (Å²) in [6.07, 6.45) is 0.953. The molecule has 1 aromatic heterocycles. The SMILES string of the molecule is CCOCCCNC(=NCc1ccc(OC)cc1)NCc1sccc1C. The highest BCUT2D eigenvalue weighted by molar-refractivity contribution is 7.10. The Hall–Kier alpha value is -2.05. The van der Waals surface area contributed by atoms with Gasteiger partial charge < -0.3 is 20.1 Å². The van der Waals surface area contributed by atoms with Gasteiger partial charge in [0.2, 0.25) is 0 Å². The summed E-state index contributed by atoms with van der Waals surface area (Å²) in [5.74, 6) is 1.68. The predicted molar refractivity (Wildman–Crippen MR) is 109 cm³/mol. The lowest BCUT2D eigenvalue weighted by Crippen LogP contribution is -2.37. The third kappa shape index (κ3) is 7.06. The second-order valence-electron chi connectivity index (χ2n) is 5.87. The van der Waals surface area contributed by atoms with Gasteiger partial charge in [-0.2, -0.15) is 0 Å². The van der Waals surface area contributed by atoms with Crippen LogP contribution in [0.25, 0.3) is 0 Å². The quantitative estimate of drug-likeness (QED) is 0.377. The number of ether oxygens (including phenoxy) is 2. The Labute approximate surface area is 160 Å². The molecule has 142 valence electrons. The number of hydrogen-bond donors (Lipinski definition) is 2. The molecule has 0 saturated carbocycles. The van der Waals surface area contributed by atoms with Gasteiger partial charge in [-0.3, -0.25) is 0 Å². The van der Waals surface area contributed by atoms with Gasteiger partial charge in [-0.25, -0.2) is 4.99 Å². The number of aliphatic imine (C=N–C) groups is 1. The first-order valence-electron chi connectivity index (χ1n) is 8.98. The van der Waals surface area contributed by atoms with Gasteiger partial charge >= 0.3 is 0 Å². The summed E-state index contributed by atoms with van der Waals surface area (Å²) in [5.41, 5.74) is 2.46. The van der Waals surface area contributed by atoms with Crippen LogP contribution >= 0.6 is 11.3 Å². The highest BCUT2D eigenvalue weighted by Gasteiger charge is 2.03. The van der Waals surface area contributed by atoms with E-state index in [1.807, 2.05) is 31.2 Å². The van der Waals surface area contributed by atoms with Crippen molar-refractivity contribution in [2.75, 3.05) is 26.9 Å². The number of rotatable bonds is 10. The zero-order valence-corrected chi connectivity index (χ0v) is 16.7. The summed E-state index contributed by atoms with van der Waals surface area (Å²) >= 11 is 1.77. The molecule has 0 aliphatic carbocycles. The Bertz CT molecular complexity index is 668. The van der Waals surface area contributed by atoms with Crippen LogP contribution in [0.5, 0.6) is 5.75 Å². The van der Waals surface area contributed by atoms with Crippen molar-refractivity contribution in [3.05, 3.63) is 51.7 Å². The van der Waals surface area contributed by atoms with Gasteiger partial charge in [-0.05, 0) is 55.0 Å². The number of guanidine groups is 1. The highest BCUT2D eigenvalue weighted by Crippen LogP contribution is 2.15. The van der Waals surface area contributed by atoms with Crippen molar-refractivity contribution in [3.63, 3.8) is 0 Å². The molecule has 0 aliphatic rings. The summed E-state index contributed by atoms with van der Waals surface area (Å²) in [6.45, 7) is 7.90. The van der Waals surface area contributed by atoms with Crippen molar-refractivity contribution in [3.8, 4) is 5.75 Å². The number of nitrogens with zero attached hydrogens (tertiary/aromatic N) is 1. The van der Waals surface area contributed by atoms with Crippen molar-refractivity contribution in [1.82, 2.24) is 10.6 Å². The summed E-state index contributed by atoms with van der Waals surface area (Å²) in [4.78, 5) is 6.05. The Morgan fingerprint density at radius 3 is 2.62 bits per heavy atom. The minimum atomic E-state index is 0.619. The fourth-order valence-corrected chi connectivity index (χ4v) is 3.20. The number of aryl methyl sites for hydroxylation is 1. The van der Waals surface area contributed by atoms with Crippen LogP contribution in [0.15, 0.2) is 40.7 Å². The second-order valence-corrected chi connectivity index (χ2v) is 6.87. The molecule has 26 heavy (non-hydrogen) atoms. The molecule has 0 aliphatic heterocycles. The molecule has 0 amide bonds. The molecule has 2 aromatic rings. The fraction of sp³-hybridized carbons (Fsp3) is 0.450. The van der Waals surface area contributed by atoms with Gasteiger partial charge in [0.1, 0.15) is 5.75 Å². The van der Waals surface area contributed by atoms with E-state index >= 15 is 0 Å². The standard InChI is InChI=1S/C20H29N3O2S/c1-4-25-12-5-11-21-20(23-15-19-16(2)10-13-26-19)22-14-17-6-8-18(24-3)9-7-17/h6-10,13H,4-5,11-12,14-15H2,1-3H3,(H2,21,22,23). The Morgan fingerprint density at radius 1 is 1.15 bits per heavy atom. The summed E-state index contributed by atoms with van der Waals surface area (Å²) in [7, 11) is 1.67. The molecule has 1 heterocycles. The molecule has 0 bridgehead atoms. The third-order valence-corrected chi connectivity index (χ3v) is 4.95. The van der Waals surface area contributed by atoms with Crippen LogP contribution in [0.4, 0.5) is 0 Å². The maximum absolute atomic E-state index is 5.39. The van der Waals surface area contributed by atoms with E-state index in [4.69, 9.17) is 14.5 Å². The highest BCUT2D eigenvalue weighted by atomic mass is 32.1. The van der Waals surface area contributed by atoms with Crippen LogP contribution < -0.4 is 15.4 Å². The van der Waals surface area contributed by atoms with Crippen molar-refractivity contribution in [1.29, 1.82) is 0 Å². The van der Waals surface area contributed by atoms with E-state index in [1.165, 1.54) is 10.4 Å². The molecule has 6 heteroatoms. The average molecular weight is 376 g/mol. The largest absolute Gasteiger partial charge is 0.497 e. The second kappa shape index (κ2) is 11.5. The first-order chi connectivity index (χ1) is 12.7. The lowest BCUT2D eigenvalue weighted by molar-refractivity contribution is 0.145. The van der Waals surface area contributed by atoms with E-state index in [0.717, 1.165) is 50.0 Å². The van der Waals surface area contributed by atoms with Crippen LogP contribution in [0, 0.1) is 6.92 Å². The fourth-order valence-electron chi connectivity index (χ4n) is 2.35. The van der Waals surface area contributed by atoms with Crippen molar-refractivity contribution >= 4 is 17.3 Å². The molecule has 0 radical (unpaired) electrons. The number of hydrogen-bond acceptors (Lipinski definition) is 4. The van der Waals surface area contributed by atoms with E-state index in [-0.39, 0.29) is 0 Å². The van der Waals surface area contributed by atoms with E-state index in [2.05, 4.69) is 29.0 Å². The number of benzene rings is 1. The normalized spacial score (nSPS) is 11.4. The van der Waals surface area contributed by atoms with E-state index in [9.17, 15) is 0 Å². The molecule has 1 aromatic carbocycles. The van der Waals surface area contributed by atoms with Crippen molar-refractivity contribution in [2.45, 2.75) is 33.4 Å². The predicted octanol–water partition coefficient (Wildman–Crippen LogP) is 3.73. The Balaban J connectivity index is 1.92. The summed E-state index contributed by atoms with van der Waals surface area (Å²) in [6, 6.07) is 10.1. The van der Waals surface area contributed by atoms with Crippen molar-refractivity contribution < 1.29 is 9.47 Å². The number of nitrogens with one attached hydrogen (secondary N) is 2. The molecular weight excluding hydrogens is 346 g/mol. The molecule has 5 nitrogen and oxygen atoms in total. The average Bonchev–Trinajstić information content (AvgIpc) is 3.08. The zero-order valence-electron chi connectivity index (χ0n) is 15.9. The third-order valence-electron chi connectivity index (χ3n) is 3.93. The first-order valence-corrected chi connectivity index (χ1v) is 9.86. The lowest BCUT2D eigenvalue weighted by Gasteiger charge is -2.13. The van der Waals surface area contributed by atoms with Gasteiger partial charge in [-0.1, -0.05) is 12.1 Å². The monoisotopic (exact) mass is 375 g/mol. The Morgan fingerprint density at radius 2 is 1.96 bits per heavy atom. The molecule has 0 saturated heterocycles. The van der Waals surface area contributed by atoms with Crippen LogP contribution in [0.1, 0.15) is 29.3 Å². The van der Waals surface area contributed by atoms with E-state index in [0.29, 0.717) is 6.54 Å². The van der Waals surface area contributed by atoms with Crippen LogP contribution in [-0.2, 0) is 17.8 Å². The summed E-state index contributed by atoms with van der Waals surface area (Å²) < 4.78 is 10.6. The van der Waals surface area contributed by atoms with E-state index < -0.39 is 0 Å². The number of methoxy groups -OCH3 is 1. The van der Waals surface area contributed by atoms with Gasteiger partial charge in [0.25, 0.3) is 0 Å². The van der Waals surface area contributed by atoms with Crippen LogP contribution in [0.2, 0.25) is 0 Å². The van der Waals surface area contributed by atoms with Gasteiger partial charge in [-0.15, -0.1) is 11.3 Å². The summed E-state index contributed by atoms with van der Waals surface area (Å²) in [5, 5.41) is 8.94. The molecule has 2 rings (SSSR count). The molecule has 0 fully saturated rings. The zero-order chi connectivity index (χ0) is 18.6. The number of thiophene rings is 1. The molecule has 0 unspecified atom stereocenters. The van der Waals surface area contributed by atoms with Gasteiger partial charge in [0.15, 0.2) is 5.96 Å². The smallest absolute Gasteiger partial charge is 0.191 e. The lowest BCUT2D eigenvalue weighted by atomic mass is 10.2. The van der Waals surface area contributed by atoms with Gasteiger partial charge in [0, 0.05) is 24.6 Å². The van der Waals surface area contributed by atoms with E-state index in [1.54, 1.807) is 18.4 Å². The minimum absolute atomic E-state index is 0.619. The topological polar surface area (TPSA) is 54.9 Å². The van der Waals surface area contributed by atoms with Crippen LogP contribution in [0.3, 0.4) is 0 Å². The Kier molecular flexibility index (Phi) is 9.00. The maximum atomic E-state index is 5.39. The molecule has 0 spiro atoms. The maximum Gasteiger partial charge on any atom is 0.191 e. The molecular formula is C20H29N3O2S. The molecule has 0 atom stereocenters. The van der Waals surface area contributed by atoms with Gasteiger partial charge in [0.05, 0.1) is 20.2 Å².